The van der Waals surface area contributed by atoms with Gasteiger partial charge in [0.2, 0.25) is 5.91 Å². The SMILES string of the molecule is CC(=O)NC(C(C)C)C(C)(C)C. The maximum atomic E-state index is 10.9. The van der Waals surface area contributed by atoms with Crippen molar-refractivity contribution in [3.8, 4) is 0 Å². The minimum atomic E-state index is 0.0589. The minimum Gasteiger partial charge on any atom is -0.353 e. The second kappa shape index (κ2) is 3.92. The van der Waals surface area contributed by atoms with Crippen LogP contribution in [0.25, 0.3) is 0 Å². The number of hydrogen-bond donors (Lipinski definition) is 1. The smallest absolute Gasteiger partial charge is 0.217 e. The van der Waals surface area contributed by atoms with Crippen LogP contribution in [0.4, 0.5) is 0 Å². The van der Waals surface area contributed by atoms with Gasteiger partial charge in [-0.1, -0.05) is 34.6 Å². The average molecular weight is 171 g/mol. The fraction of sp³-hybridized carbons (Fsp3) is 0.900. The molecule has 0 bridgehead atoms. The number of hydrogen-bond acceptors (Lipinski definition) is 1. The molecule has 0 fully saturated rings. The fourth-order valence-corrected chi connectivity index (χ4v) is 1.60. The Morgan fingerprint density at radius 3 is 1.75 bits per heavy atom. The summed E-state index contributed by atoms with van der Waals surface area (Å²) < 4.78 is 0. The molecule has 0 rings (SSSR count). The molecule has 1 unspecified atom stereocenters. The Morgan fingerprint density at radius 1 is 1.25 bits per heavy atom. The van der Waals surface area contributed by atoms with E-state index in [1.165, 1.54) is 0 Å². The van der Waals surface area contributed by atoms with Crippen molar-refractivity contribution in [3.05, 3.63) is 0 Å². The topological polar surface area (TPSA) is 29.1 Å². The first kappa shape index (κ1) is 11.5. The quantitative estimate of drug-likeness (QED) is 0.678. The van der Waals surface area contributed by atoms with Gasteiger partial charge < -0.3 is 5.32 Å². The summed E-state index contributed by atoms with van der Waals surface area (Å²) in [5.74, 6) is 0.539. The molecular formula is C10H21NO. The maximum Gasteiger partial charge on any atom is 0.217 e. The first-order valence-corrected chi connectivity index (χ1v) is 4.52. The molecule has 0 radical (unpaired) electrons. The second-order valence-electron chi connectivity index (χ2n) is 4.79. The minimum absolute atomic E-state index is 0.0589. The third kappa shape index (κ3) is 3.74. The van der Waals surface area contributed by atoms with Gasteiger partial charge in [0.05, 0.1) is 0 Å². The van der Waals surface area contributed by atoms with Gasteiger partial charge in [-0.25, -0.2) is 0 Å². The zero-order chi connectivity index (χ0) is 9.94. The molecule has 0 saturated carbocycles. The highest BCUT2D eigenvalue weighted by Gasteiger charge is 2.27. The van der Waals surface area contributed by atoms with E-state index in [1.54, 1.807) is 6.92 Å². The van der Waals surface area contributed by atoms with Crippen LogP contribution < -0.4 is 5.32 Å². The summed E-state index contributed by atoms with van der Waals surface area (Å²) in [6.45, 7) is 12.3. The zero-order valence-electron chi connectivity index (χ0n) is 9.06. The molecule has 1 atom stereocenters. The standard InChI is InChI=1S/C10H21NO/c1-7(2)9(10(4,5)6)11-8(3)12/h7,9H,1-6H3,(H,11,12). The van der Waals surface area contributed by atoms with Crippen molar-refractivity contribution in [1.82, 2.24) is 5.32 Å². The van der Waals surface area contributed by atoms with Crippen molar-refractivity contribution in [2.24, 2.45) is 11.3 Å². The summed E-state index contributed by atoms with van der Waals surface area (Å²) in [6.07, 6.45) is 0. The van der Waals surface area contributed by atoms with Gasteiger partial charge in [0.1, 0.15) is 0 Å². The van der Waals surface area contributed by atoms with Crippen LogP contribution >= 0.6 is 0 Å². The molecule has 0 saturated heterocycles. The molecule has 0 spiro atoms. The van der Waals surface area contributed by atoms with E-state index in [0.29, 0.717) is 5.92 Å². The molecule has 12 heavy (non-hydrogen) atoms. The number of nitrogens with one attached hydrogen (secondary N) is 1. The van der Waals surface area contributed by atoms with Gasteiger partial charge in [-0.2, -0.15) is 0 Å². The molecule has 0 aliphatic heterocycles. The van der Waals surface area contributed by atoms with E-state index in [-0.39, 0.29) is 17.4 Å². The Hall–Kier alpha value is -0.530. The van der Waals surface area contributed by atoms with Crippen LogP contribution in [0.1, 0.15) is 41.5 Å². The van der Waals surface area contributed by atoms with Crippen molar-refractivity contribution >= 4 is 5.91 Å². The highest BCUT2D eigenvalue weighted by atomic mass is 16.1. The van der Waals surface area contributed by atoms with Crippen molar-refractivity contribution in [2.45, 2.75) is 47.6 Å². The zero-order valence-corrected chi connectivity index (χ0v) is 9.06. The molecule has 1 N–H and O–H groups in total. The van der Waals surface area contributed by atoms with E-state index in [4.69, 9.17) is 0 Å². The van der Waals surface area contributed by atoms with Crippen LogP contribution in [0.2, 0.25) is 0 Å². The van der Waals surface area contributed by atoms with E-state index in [1.807, 2.05) is 0 Å². The van der Waals surface area contributed by atoms with Gasteiger partial charge in [0.15, 0.2) is 0 Å². The molecule has 2 nitrogen and oxygen atoms in total. The van der Waals surface area contributed by atoms with Gasteiger partial charge in [0.25, 0.3) is 0 Å². The highest BCUT2D eigenvalue weighted by Crippen LogP contribution is 2.24. The van der Waals surface area contributed by atoms with Gasteiger partial charge in [-0.3, -0.25) is 4.79 Å². The number of carbonyl (C=O) groups excluding carboxylic acids is 1. The van der Waals surface area contributed by atoms with Crippen LogP contribution in [-0.2, 0) is 4.79 Å². The van der Waals surface area contributed by atoms with Crippen LogP contribution in [0.3, 0.4) is 0 Å². The lowest BCUT2D eigenvalue weighted by Gasteiger charge is -2.34. The monoisotopic (exact) mass is 171 g/mol. The molecule has 1 amide bonds. The van der Waals surface area contributed by atoms with E-state index in [9.17, 15) is 4.79 Å². The van der Waals surface area contributed by atoms with Gasteiger partial charge in [-0.15, -0.1) is 0 Å². The van der Waals surface area contributed by atoms with Gasteiger partial charge >= 0.3 is 0 Å². The van der Waals surface area contributed by atoms with E-state index in [0.717, 1.165) is 0 Å². The van der Waals surface area contributed by atoms with Crippen LogP contribution in [0, 0.1) is 11.3 Å². The summed E-state index contributed by atoms with van der Waals surface area (Å²) in [5, 5.41) is 2.98. The van der Waals surface area contributed by atoms with Crippen molar-refractivity contribution < 1.29 is 4.79 Å². The Kier molecular flexibility index (Phi) is 3.75. The van der Waals surface area contributed by atoms with E-state index >= 15 is 0 Å². The van der Waals surface area contributed by atoms with Gasteiger partial charge in [-0.05, 0) is 11.3 Å². The summed E-state index contributed by atoms with van der Waals surface area (Å²) in [6, 6.07) is 0.259. The van der Waals surface area contributed by atoms with Crippen molar-refractivity contribution in [3.63, 3.8) is 0 Å². The summed E-state index contributed by atoms with van der Waals surface area (Å²) in [5.41, 5.74) is 0.139. The normalized spacial score (nSPS) is 14.6. The summed E-state index contributed by atoms with van der Waals surface area (Å²) in [7, 11) is 0. The molecule has 0 heterocycles. The molecular weight excluding hydrogens is 150 g/mol. The molecule has 72 valence electrons. The third-order valence-electron chi connectivity index (χ3n) is 1.96. The molecule has 0 aromatic rings. The lowest BCUT2D eigenvalue weighted by molar-refractivity contribution is -0.120. The number of amides is 1. The predicted molar refractivity (Wildman–Crippen MR) is 51.9 cm³/mol. The Balaban J connectivity index is 4.35. The third-order valence-corrected chi connectivity index (χ3v) is 1.96. The van der Waals surface area contributed by atoms with Crippen LogP contribution in [0.15, 0.2) is 0 Å². The number of carbonyl (C=O) groups is 1. The molecule has 0 aliphatic carbocycles. The molecule has 0 aromatic heterocycles. The largest absolute Gasteiger partial charge is 0.353 e. The first-order chi connectivity index (χ1) is 5.25. The Morgan fingerprint density at radius 2 is 1.67 bits per heavy atom. The summed E-state index contributed by atoms with van der Waals surface area (Å²) >= 11 is 0. The first-order valence-electron chi connectivity index (χ1n) is 4.52. The Bertz CT molecular complexity index is 156. The average Bonchev–Trinajstić information content (AvgIpc) is 1.79. The predicted octanol–water partition coefficient (Wildman–Crippen LogP) is 2.19. The highest BCUT2D eigenvalue weighted by molar-refractivity contribution is 5.73. The van der Waals surface area contributed by atoms with E-state index < -0.39 is 0 Å². The van der Waals surface area contributed by atoms with Gasteiger partial charge in [0, 0.05) is 13.0 Å². The van der Waals surface area contributed by atoms with Crippen molar-refractivity contribution in [1.29, 1.82) is 0 Å². The van der Waals surface area contributed by atoms with Crippen molar-refractivity contribution in [2.75, 3.05) is 0 Å². The Labute approximate surface area is 75.7 Å². The van der Waals surface area contributed by atoms with Crippen LogP contribution in [-0.4, -0.2) is 11.9 Å². The molecule has 0 aromatic carbocycles. The second-order valence-corrected chi connectivity index (χ2v) is 4.79. The fourth-order valence-electron chi connectivity index (χ4n) is 1.60. The van der Waals surface area contributed by atoms with E-state index in [2.05, 4.69) is 39.9 Å². The lowest BCUT2D eigenvalue weighted by atomic mass is 9.80. The van der Waals surface area contributed by atoms with Crippen LogP contribution in [0.5, 0.6) is 0 Å². The number of rotatable bonds is 2. The molecule has 0 aliphatic rings. The maximum absolute atomic E-state index is 10.9. The lowest BCUT2D eigenvalue weighted by Crippen LogP contribution is -2.46. The summed E-state index contributed by atoms with van der Waals surface area (Å²) in [4.78, 5) is 10.9. The molecule has 2 heteroatoms.